The Bertz CT molecular complexity index is 1420. The number of aryl methyl sites for hydroxylation is 1. The highest BCUT2D eigenvalue weighted by Gasteiger charge is 2.13. The van der Waals surface area contributed by atoms with Gasteiger partial charge >= 0.3 is 0 Å². The molecular weight excluding hydrogens is 513 g/mol. The zero-order valence-electron chi connectivity index (χ0n) is 19.5. The Kier molecular flexibility index (Phi) is 7.92. The van der Waals surface area contributed by atoms with Crippen LogP contribution in [0.3, 0.4) is 0 Å². The van der Waals surface area contributed by atoms with Crippen LogP contribution in [0, 0.1) is 5.82 Å². The number of hydrogen-bond donors (Lipinski definition) is 0. The standard InChI is InChI=1S/C27H25BrFN3O3/c1-3-4-8-25-31-23-14-11-20(28)15-22(23)27(33)32(25)30-16-19-6-5-7-24(34-2)26(19)35-17-18-9-12-21(29)13-10-18/h5-7,9-16H,3-4,8,17H2,1-2H3. The lowest BCUT2D eigenvalue weighted by atomic mass is 10.2. The molecule has 4 rings (SSSR count). The molecule has 0 radical (unpaired) electrons. The molecule has 0 N–H and O–H groups in total. The number of benzene rings is 3. The fourth-order valence-corrected chi connectivity index (χ4v) is 3.98. The van der Waals surface area contributed by atoms with Crippen LogP contribution in [0.4, 0.5) is 4.39 Å². The number of hydrogen-bond acceptors (Lipinski definition) is 5. The molecule has 1 aromatic heterocycles. The molecule has 0 unspecified atom stereocenters. The van der Waals surface area contributed by atoms with E-state index in [1.807, 2.05) is 24.3 Å². The molecule has 0 aliphatic heterocycles. The average molecular weight is 538 g/mol. The van der Waals surface area contributed by atoms with Gasteiger partial charge in [-0.25, -0.2) is 9.37 Å². The molecule has 0 saturated carbocycles. The van der Waals surface area contributed by atoms with Crippen molar-refractivity contribution in [3.63, 3.8) is 0 Å². The zero-order valence-corrected chi connectivity index (χ0v) is 21.1. The second kappa shape index (κ2) is 11.3. The van der Waals surface area contributed by atoms with Crippen molar-refractivity contribution in [1.29, 1.82) is 0 Å². The molecule has 0 atom stereocenters. The first kappa shape index (κ1) is 24.6. The number of fused-ring (bicyclic) bond motifs is 1. The molecule has 4 aromatic rings. The van der Waals surface area contributed by atoms with Gasteiger partial charge in [-0.05, 0) is 54.4 Å². The number of methoxy groups -OCH3 is 1. The summed E-state index contributed by atoms with van der Waals surface area (Å²) in [4.78, 5) is 18.0. The third kappa shape index (κ3) is 5.77. The summed E-state index contributed by atoms with van der Waals surface area (Å²) >= 11 is 3.43. The van der Waals surface area contributed by atoms with Crippen molar-refractivity contribution in [2.75, 3.05) is 7.11 Å². The van der Waals surface area contributed by atoms with Crippen LogP contribution >= 0.6 is 15.9 Å². The first-order chi connectivity index (χ1) is 17.0. The molecule has 0 saturated heterocycles. The van der Waals surface area contributed by atoms with Crippen LogP contribution in [-0.4, -0.2) is 23.0 Å². The second-order valence-electron chi connectivity index (χ2n) is 7.95. The number of nitrogens with zero attached hydrogens (tertiary/aromatic N) is 3. The normalized spacial score (nSPS) is 11.3. The fourth-order valence-electron chi connectivity index (χ4n) is 3.62. The van der Waals surface area contributed by atoms with Crippen molar-refractivity contribution in [3.8, 4) is 11.5 Å². The minimum atomic E-state index is -0.306. The molecule has 0 bridgehead atoms. The molecule has 0 fully saturated rings. The van der Waals surface area contributed by atoms with E-state index >= 15 is 0 Å². The van der Waals surface area contributed by atoms with Crippen molar-refractivity contribution in [2.45, 2.75) is 32.8 Å². The Hall–Kier alpha value is -3.52. The highest BCUT2D eigenvalue weighted by molar-refractivity contribution is 9.10. The maximum Gasteiger partial charge on any atom is 0.282 e. The summed E-state index contributed by atoms with van der Waals surface area (Å²) < 4.78 is 26.9. The fraction of sp³-hybridized carbons (Fsp3) is 0.222. The summed E-state index contributed by atoms with van der Waals surface area (Å²) in [6, 6.07) is 17.0. The van der Waals surface area contributed by atoms with E-state index in [2.05, 4.69) is 28.0 Å². The molecule has 0 aliphatic carbocycles. The molecule has 3 aromatic carbocycles. The molecule has 0 aliphatic rings. The lowest BCUT2D eigenvalue weighted by Gasteiger charge is -2.14. The summed E-state index contributed by atoms with van der Waals surface area (Å²) in [7, 11) is 1.56. The molecule has 6 nitrogen and oxygen atoms in total. The number of aromatic nitrogens is 2. The van der Waals surface area contributed by atoms with Crippen LogP contribution in [0.5, 0.6) is 11.5 Å². The minimum absolute atomic E-state index is 0.217. The van der Waals surface area contributed by atoms with Crippen LogP contribution in [0.25, 0.3) is 10.9 Å². The first-order valence-corrected chi connectivity index (χ1v) is 12.1. The Labute approximate surface area is 211 Å². The quantitative estimate of drug-likeness (QED) is 0.241. The zero-order chi connectivity index (χ0) is 24.8. The highest BCUT2D eigenvalue weighted by atomic mass is 79.9. The van der Waals surface area contributed by atoms with Gasteiger partial charge in [0.05, 0.1) is 24.2 Å². The van der Waals surface area contributed by atoms with Gasteiger partial charge in [-0.2, -0.15) is 9.78 Å². The van der Waals surface area contributed by atoms with Crippen molar-refractivity contribution in [2.24, 2.45) is 5.10 Å². The van der Waals surface area contributed by atoms with E-state index in [9.17, 15) is 9.18 Å². The van der Waals surface area contributed by atoms with E-state index in [-0.39, 0.29) is 18.0 Å². The molecule has 180 valence electrons. The summed E-state index contributed by atoms with van der Waals surface area (Å²) in [6.45, 7) is 2.31. The first-order valence-electron chi connectivity index (χ1n) is 11.3. The van der Waals surface area contributed by atoms with Crippen LogP contribution < -0.4 is 15.0 Å². The maximum atomic E-state index is 13.3. The second-order valence-corrected chi connectivity index (χ2v) is 8.86. The van der Waals surface area contributed by atoms with Crippen molar-refractivity contribution in [1.82, 2.24) is 9.66 Å². The smallest absolute Gasteiger partial charge is 0.282 e. The van der Waals surface area contributed by atoms with Crippen molar-refractivity contribution < 1.29 is 13.9 Å². The van der Waals surface area contributed by atoms with E-state index in [0.717, 1.165) is 22.9 Å². The van der Waals surface area contributed by atoms with Gasteiger partial charge < -0.3 is 9.47 Å². The highest BCUT2D eigenvalue weighted by Crippen LogP contribution is 2.31. The van der Waals surface area contributed by atoms with Gasteiger partial charge in [-0.1, -0.05) is 47.5 Å². The summed E-state index contributed by atoms with van der Waals surface area (Å²) in [5.41, 5.74) is 1.84. The summed E-state index contributed by atoms with van der Waals surface area (Å²) in [6.07, 6.45) is 4.05. The van der Waals surface area contributed by atoms with Gasteiger partial charge in [0.25, 0.3) is 5.56 Å². The van der Waals surface area contributed by atoms with Crippen molar-refractivity contribution >= 4 is 33.0 Å². The number of ether oxygens (including phenoxy) is 2. The topological polar surface area (TPSA) is 65.7 Å². The van der Waals surface area contributed by atoms with Gasteiger partial charge in [0, 0.05) is 16.5 Å². The van der Waals surface area contributed by atoms with E-state index in [4.69, 9.17) is 14.5 Å². The third-order valence-corrected chi connectivity index (χ3v) is 5.96. The number of unbranched alkanes of at least 4 members (excludes halogenated alkanes) is 1. The van der Waals surface area contributed by atoms with Gasteiger partial charge in [-0.3, -0.25) is 4.79 Å². The van der Waals surface area contributed by atoms with E-state index in [0.29, 0.717) is 40.2 Å². The van der Waals surface area contributed by atoms with Gasteiger partial charge in [0.15, 0.2) is 11.5 Å². The molecule has 35 heavy (non-hydrogen) atoms. The predicted molar refractivity (Wildman–Crippen MR) is 139 cm³/mol. The van der Waals surface area contributed by atoms with Gasteiger partial charge in [0.1, 0.15) is 18.2 Å². The Balaban J connectivity index is 1.73. The van der Waals surface area contributed by atoms with E-state index < -0.39 is 0 Å². The van der Waals surface area contributed by atoms with Crippen LogP contribution in [0.2, 0.25) is 0 Å². The lowest BCUT2D eigenvalue weighted by molar-refractivity contribution is 0.284. The Morgan fingerprint density at radius 3 is 2.69 bits per heavy atom. The van der Waals surface area contributed by atoms with E-state index in [1.165, 1.54) is 16.8 Å². The van der Waals surface area contributed by atoms with Crippen LogP contribution in [0.1, 0.15) is 36.7 Å². The lowest BCUT2D eigenvalue weighted by Crippen LogP contribution is -2.22. The molecule has 8 heteroatoms. The van der Waals surface area contributed by atoms with E-state index in [1.54, 1.807) is 37.6 Å². The van der Waals surface area contributed by atoms with Crippen molar-refractivity contribution in [3.05, 3.63) is 98.3 Å². The average Bonchev–Trinajstić information content (AvgIpc) is 2.87. The molecule has 0 amide bonds. The summed E-state index contributed by atoms with van der Waals surface area (Å²) in [5, 5.41) is 5.01. The number of para-hydroxylation sites is 1. The number of rotatable bonds is 9. The van der Waals surface area contributed by atoms with Gasteiger partial charge in [-0.15, -0.1) is 0 Å². The Morgan fingerprint density at radius 1 is 1.14 bits per heavy atom. The summed E-state index contributed by atoms with van der Waals surface area (Å²) in [5.74, 6) is 1.29. The predicted octanol–water partition coefficient (Wildman–Crippen LogP) is 6.11. The monoisotopic (exact) mass is 537 g/mol. The van der Waals surface area contributed by atoms with Crippen LogP contribution in [0.15, 0.2) is 75.0 Å². The largest absolute Gasteiger partial charge is 0.493 e. The van der Waals surface area contributed by atoms with Crippen LogP contribution in [-0.2, 0) is 13.0 Å². The minimum Gasteiger partial charge on any atom is -0.493 e. The third-order valence-electron chi connectivity index (χ3n) is 5.47. The van der Waals surface area contributed by atoms with Gasteiger partial charge in [0.2, 0.25) is 0 Å². The molecule has 1 heterocycles. The molecular formula is C27H25BrFN3O3. The number of halogens is 2. The maximum absolute atomic E-state index is 13.3. The molecule has 0 spiro atoms. The SMILES string of the molecule is CCCCc1nc2ccc(Br)cc2c(=O)n1N=Cc1cccc(OC)c1OCc1ccc(F)cc1. The Morgan fingerprint density at radius 2 is 1.94 bits per heavy atom.